The molecule has 12 heavy (non-hydrogen) atoms. The standard InChI is InChI=1S/C8H14N4/c9-4-6(10)7-5-12-3-1-2-8(12)11-7/h5-6H,1-4,9-10H2. The van der Waals surface area contributed by atoms with Crippen LogP contribution in [-0.4, -0.2) is 16.1 Å². The van der Waals surface area contributed by atoms with Crippen LogP contribution in [0, 0.1) is 0 Å². The van der Waals surface area contributed by atoms with Crippen molar-refractivity contribution in [3.8, 4) is 0 Å². The Morgan fingerprint density at radius 2 is 2.50 bits per heavy atom. The van der Waals surface area contributed by atoms with E-state index in [2.05, 4.69) is 9.55 Å². The molecule has 1 aromatic rings. The Balaban J connectivity index is 2.25. The number of aromatic nitrogens is 2. The molecule has 0 radical (unpaired) electrons. The van der Waals surface area contributed by atoms with Crippen LogP contribution in [-0.2, 0) is 13.0 Å². The number of hydrogen-bond acceptors (Lipinski definition) is 3. The largest absolute Gasteiger partial charge is 0.335 e. The van der Waals surface area contributed by atoms with Crippen molar-refractivity contribution in [1.82, 2.24) is 9.55 Å². The van der Waals surface area contributed by atoms with E-state index >= 15 is 0 Å². The Hall–Kier alpha value is -0.870. The third-order valence-electron chi connectivity index (χ3n) is 2.31. The lowest BCUT2D eigenvalue weighted by atomic mass is 10.2. The lowest BCUT2D eigenvalue weighted by Gasteiger charge is -2.03. The van der Waals surface area contributed by atoms with E-state index in [1.165, 1.54) is 6.42 Å². The molecule has 0 aromatic carbocycles. The summed E-state index contributed by atoms with van der Waals surface area (Å²) in [6.45, 7) is 1.55. The van der Waals surface area contributed by atoms with Gasteiger partial charge in [-0.15, -0.1) is 0 Å². The van der Waals surface area contributed by atoms with Crippen molar-refractivity contribution in [3.63, 3.8) is 0 Å². The highest BCUT2D eigenvalue weighted by atomic mass is 15.1. The van der Waals surface area contributed by atoms with Gasteiger partial charge < -0.3 is 16.0 Å². The van der Waals surface area contributed by atoms with Crippen LogP contribution < -0.4 is 11.5 Å². The smallest absolute Gasteiger partial charge is 0.109 e. The molecule has 66 valence electrons. The lowest BCUT2D eigenvalue weighted by molar-refractivity contribution is 0.698. The lowest BCUT2D eigenvalue weighted by Crippen LogP contribution is -2.21. The molecular formula is C8H14N4. The van der Waals surface area contributed by atoms with Crippen molar-refractivity contribution in [3.05, 3.63) is 17.7 Å². The van der Waals surface area contributed by atoms with Gasteiger partial charge in [-0.2, -0.15) is 0 Å². The van der Waals surface area contributed by atoms with Gasteiger partial charge >= 0.3 is 0 Å². The Kier molecular flexibility index (Phi) is 1.86. The Morgan fingerprint density at radius 3 is 3.17 bits per heavy atom. The quantitative estimate of drug-likeness (QED) is 0.638. The first-order valence-corrected chi connectivity index (χ1v) is 4.33. The van der Waals surface area contributed by atoms with E-state index in [0.717, 1.165) is 24.5 Å². The molecule has 1 unspecified atom stereocenters. The zero-order valence-corrected chi connectivity index (χ0v) is 7.03. The fourth-order valence-electron chi connectivity index (χ4n) is 1.58. The summed E-state index contributed by atoms with van der Waals surface area (Å²) in [5.41, 5.74) is 12.1. The molecule has 0 amide bonds. The molecule has 1 aliphatic rings. The van der Waals surface area contributed by atoms with E-state index < -0.39 is 0 Å². The van der Waals surface area contributed by atoms with E-state index in [1.54, 1.807) is 0 Å². The third kappa shape index (κ3) is 1.13. The summed E-state index contributed by atoms with van der Waals surface area (Å²) in [5.74, 6) is 1.16. The summed E-state index contributed by atoms with van der Waals surface area (Å²) in [6, 6.07) is -0.0944. The molecule has 4 heteroatoms. The Labute approximate surface area is 71.6 Å². The van der Waals surface area contributed by atoms with Crippen LogP contribution in [0.15, 0.2) is 6.20 Å². The molecule has 1 aromatic heterocycles. The second kappa shape index (κ2) is 2.88. The van der Waals surface area contributed by atoms with Gasteiger partial charge in [0.05, 0.1) is 11.7 Å². The molecule has 4 nitrogen and oxygen atoms in total. The van der Waals surface area contributed by atoms with E-state index in [4.69, 9.17) is 11.5 Å². The maximum Gasteiger partial charge on any atom is 0.109 e. The molecule has 1 aliphatic heterocycles. The highest BCUT2D eigenvalue weighted by molar-refractivity contribution is 5.11. The summed E-state index contributed by atoms with van der Waals surface area (Å²) in [7, 11) is 0. The molecular weight excluding hydrogens is 152 g/mol. The zero-order valence-electron chi connectivity index (χ0n) is 7.03. The van der Waals surface area contributed by atoms with Crippen molar-refractivity contribution in [2.24, 2.45) is 11.5 Å². The third-order valence-corrected chi connectivity index (χ3v) is 2.31. The van der Waals surface area contributed by atoms with Crippen LogP contribution in [0.5, 0.6) is 0 Å². The number of nitrogens with zero attached hydrogens (tertiary/aromatic N) is 2. The average Bonchev–Trinajstić information content (AvgIpc) is 2.60. The van der Waals surface area contributed by atoms with Crippen molar-refractivity contribution in [1.29, 1.82) is 0 Å². The van der Waals surface area contributed by atoms with Crippen molar-refractivity contribution in [2.75, 3.05) is 6.54 Å². The van der Waals surface area contributed by atoms with Crippen molar-refractivity contribution in [2.45, 2.75) is 25.4 Å². The molecule has 0 fully saturated rings. The van der Waals surface area contributed by atoms with Crippen molar-refractivity contribution >= 4 is 0 Å². The topological polar surface area (TPSA) is 69.9 Å². The monoisotopic (exact) mass is 166 g/mol. The minimum Gasteiger partial charge on any atom is -0.335 e. The van der Waals surface area contributed by atoms with Gasteiger partial charge in [-0.05, 0) is 6.42 Å². The summed E-state index contributed by atoms with van der Waals surface area (Å²) in [5, 5.41) is 0. The fourth-order valence-corrected chi connectivity index (χ4v) is 1.58. The van der Waals surface area contributed by atoms with Gasteiger partial charge in [0.2, 0.25) is 0 Å². The van der Waals surface area contributed by atoms with Gasteiger partial charge in [-0.1, -0.05) is 0 Å². The summed E-state index contributed by atoms with van der Waals surface area (Å²) in [4.78, 5) is 4.42. The van der Waals surface area contributed by atoms with Crippen LogP contribution >= 0.6 is 0 Å². The summed E-state index contributed by atoms with van der Waals surface area (Å²) >= 11 is 0. The first kappa shape index (κ1) is 7.76. The van der Waals surface area contributed by atoms with E-state index in [1.807, 2.05) is 6.20 Å². The SMILES string of the molecule is NCC(N)c1cn2c(n1)CCC2. The first-order valence-electron chi connectivity index (χ1n) is 4.33. The molecule has 0 saturated carbocycles. The molecule has 2 rings (SSSR count). The van der Waals surface area contributed by atoms with Gasteiger partial charge in [-0.25, -0.2) is 4.98 Å². The maximum atomic E-state index is 5.75. The van der Waals surface area contributed by atoms with Crippen LogP contribution in [0.4, 0.5) is 0 Å². The van der Waals surface area contributed by atoms with Gasteiger partial charge in [0.1, 0.15) is 5.82 Å². The Bertz CT molecular complexity index is 257. The Morgan fingerprint density at radius 1 is 1.67 bits per heavy atom. The predicted molar refractivity (Wildman–Crippen MR) is 46.5 cm³/mol. The predicted octanol–water partition coefficient (Wildman–Crippen LogP) is -0.212. The number of hydrogen-bond donors (Lipinski definition) is 2. The van der Waals surface area contributed by atoms with Crippen LogP contribution in [0.25, 0.3) is 0 Å². The second-order valence-corrected chi connectivity index (χ2v) is 3.22. The van der Waals surface area contributed by atoms with Crippen molar-refractivity contribution < 1.29 is 0 Å². The van der Waals surface area contributed by atoms with E-state index in [-0.39, 0.29) is 6.04 Å². The number of imidazole rings is 1. The van der Waals surface area contributed by atoms with Crippen LogP contribution in [0.3, 0.4) is 0 Å². The first-order chi connectivity index (χ1) is 5.81. The fraction of sp³-hybridized carbons (Fsp3) is 0.625. The van der Waals surface area contributed by atoms with Gasteiger partial charge in [-0.3, -0.25) is 0 Å². The second-order valence-electron chi connectivity index (χ2n) is 3.22. The molecule has 0 aliphatic carbocycles. The molecule has 0 spiro atoms. The van der Waals surface area contributed by atoms with E-state index in [0.29, 0.717) is 6.54 Å². The summed E-state index contributed by atoms with van der Waals surface area (Å²) in [6.07, 6.45) is 4.32. The van der Waals surface area contributed by atoms with Crippen LogP contribution in [0.1, 0.15) is 24.0 Å². The molecule has 4 N–H and O–H groups in total. The number of fused-ring (bicyclic) bond motifs is 1. The number of aryl methyl sites for hydroxylation is 2. The zero-order chi connectivity index (χ0) is 8.55. The minimum absolute atomic E-state index is 0.0944. The molecule has 1 atom stereocenters. The van der Waals surface area contributed by atoms with Gasteiger partial charge in [0, 0.05) is 25.7 Å². The molecule has 0 bridgehead atoms. The normalized spacial score (nSPS) is 17.8. The van der Waals surface area contributed by atoms with Gasteiger partial charge in [0.25, 0.3) is 0 Å². The number of nitrogens with two attached hydrogens (primary N) is 2. The molecule has 2 heterocycles. The van der Waals surface area contributed by atoms with E-state index in [9.17, 15) is 0 Å². The average molecular weight is 166 g/mol. The maximum absolute atomic E-state index is 5.75. The van der Waals surface area contributed by atoms with Crippen LogP contribution in [0.2, 0.25) is 0 Å². The highest BCUT2D eigenvalue weighted by Gasteiger charge is 2.16. The summed E-state index contributed by atoms with van der Waals surface area (Å²) < 4.78 is 2.17. The highest BCUT2D eigenvalue weighted by Crippen LogP contribution is 2.16. The minimum atomic E-state index is -0.0944. The van der Waals surface area contributed by atoms with Gasteiger partial charge in [0.15, 0.2) is 0 Å². The molecule has 0 saturated heterocycles. The number of rotatable bonds is 2.